The van der Waals surface area contributed by atoms with Crippen LogP contribution in [0.5, 0.6) is 0 Å². The molecule has 0 aliphatic carbocycles. The zero-order valence-corrected chi connectivity index (χ0v) is 11.8. The van der Waals surface area contributed by atoms with E-state index >= 15 is 0 Å². The molecule has 0 spiro atoms. The number of nitro benzene ring substituents is 1. The van der Waals surface area contributed by atoms with E-state index in [1.807, 2.05) is 13.8 Å². The summed E-state index contributed by atoms with van der Waals surface area (Å²) in [6.45, 7) is 4.33. The number of nitrogens with zero attached hydrogens (tertiary/aromatic N) is 1. The van der Waals surface area contributed by atoms with Gasteiger partial charge in [-0.15, -0.1) is 0 Å². The lowest BCUT2D eigenvalue weighted by Gasteiger charge is -2.21. The van der Waals surface area contributed by atoms with Crippen LogP contribution in [-0.4, -0.2) is 30.5 Å². The fourth-order valence-corrected chi connectivity index (χ4v) is 1.79. The molecule has 110 valence electrons. The second-order valence-corrected chi connectivity index (χ2v) is 4.80. The van der Waals surface area contributed by atoms with Gasteiger partial charge in [0.15, 0.2) is 0 Å². The van der Waals surface area contributed by atoms with Crippen molar-refractivity contribution in [3.8, 4) is 0 Å². The predicted octanol–water partition coefficient (Wildman–Crippen LogP) is 1.35. The van der Waals surface area contributed by atoms with Crippen LogP contribution in [0.2, 0.25) is 0 Å². The summed E-state index contributed by atoms with van der Waals surface area (Å²) in [4.78, 5) is 22.1. The largest absolute Gasteiger partial charge is 0.375 e. The third-order valence-corrected chi connectivity index (χ3v) is 3.08. The molecule has 0 aliphatic rings. The molecule has 1 amide bonds. The van der Waals surface area contributed by atoms with E-state index in [0.717, 1.165) is 0 Å². The minimum Gasteiger partial charge on any atom is -0.375 e. The Bertz CT molecular complexity index is 502. The van der Waals surface area contributed by atoms with Gasteiger partial charge in [-0.1, -0.05) is 13.8 Å². The number of nitrogens with one attached hydrogen (secondary N) is 2. The van der Waals surface area contributed by atoms with Gasteiger partial charge in [0.1, 0.15) is 5.69 Å². The molecule has 7 nitrogen and oxygen atoms in total. The van der Waals surface area contributed by atoms with Crippen LogP contribution < -0.4 is 16.4 Å². The number of rotatable bonds is 6. The Kier molecular flexibility index (Phi) is 5.45. The van der Waals surface area contributed by atoms with Crippen molar-refractivity contribution in [3.63, 3.8) is 0 Å². The highest BCUT2D eigenvalue weighted by Crippen LogP contribution is 2.27. The Morgan fingerprint density at radius 2 is 2.10 bits per heavy atom. The Hall–Kier alpha value is -2.15. The highest BCUT2D eigenvalue weighted by atomic mass is 16.6. The molecule has 0 bridgehead atoms. The van der Waals surface area contributed by atoms with Crippen LogP contribution >= 0.6 is 0 Å². The SMILES string of the molecule is CNC(=O)c1ccc(NC(CN)C(C)C)c([N+](=O)[O-])c1. The highest BCUT2D eigenvalue weighted by molar-refractivity contribution is 5.95. The van der Waals surface area contributed by atoms with Gasteiger partial charge in [0, 0.05) is 31.3 Å². The van der Waals surface area contributed by atoms with Crippen molar-refractivity contribution in [2.24, 2.45) is 11.7 Å². The van der Waals surface area contributed by atoms with Gasteiger partial charge in [-0.25, -0.2) is 0 Å². The van der Waals surface area contributed by atoms with Crippen LogP contribution in [0.25, 0.3) is 0 Å². The normalized spacial score (nSPS) is 12.1. The molecule has 0 saturated heterocycles. The van der Waals surface area contributed by atoms with E-state index in [-0.39, 0.29) is 29.1 Å². The quantitative estimate of drug-likeness (QED) is 0.538. The van der Waals surface area contributed by atoms with Crippen molar-refractivity contribution < 1.29 is 9.72 Å². The van der Waals surface area contributed by atoms with E-state index in [2.05, 4.69) is 10.6 Å². The molecule has 0 aromatic heterocycles. The molecule has 0 aliphatic heterocycles. The molecule has 1 atom stereocenters. The second-order valence-electron chi connectivity index (χ2n) is 4.80. The first kappa shape index (κ1) is 15.9. The van der Waals surface area contributed by atoms with E-state index in [0.29, 0.717) is 12.2 Å². The molecule has 1 aromatic carbocycles. The molecule has 0 saturated carbocycles. The van der Waals surface area contributed by atoms with Gasteiger partial charge in [0.05, 0.1) is 4.92 Å². The number of hydrogen-bond donors (Lipinski definition) is 3. The Morgan fingerprint density at radius 3 is 2.55 bits per heavy atom. The number of nitrogens with two attached hydrogens (primary N) is 1. The van der Waals surface area contributed by atoms with Crippen LogP contribution in [0.15, 0.2) is 18.2 Å². The van der Waals surface area contributed by atoms with Crippen molar-refractivity contribution >= 4 is 17.3 Å². The maximum absolute atomic E-state index is 11.5. The maximum atomic E-state index is 11.5. The molecule has 1 aromatic rings. The third kappa shape index (κ3) is 3.67. The van der Waals surface area contributed by atoms with Gasteiger partial charge < -0.3 is 16.4 Å². The lowest BCUT2D eigenvalue weighted by Crippen LogP contribution is -2.34. The number of anilines is 1. The van der Waals surface area contributed by atoms with Crippen molar-refractivity contribution in [2.75, 3.05) is 18.9 Å². The summed E-state index contributed by atoms with van der Waals surface area (Å²) >= 11 is 0. The monoisotopic (exact) mass is 280 g/mol. The van der Waals surface area contributed by atoms with E-state index in [1.54, 1.807) is 6.07 Å². The topological polar surface area (TPSA) is 110 Å². The molecular weight excluding hydrogens is 260 g/mol. The molecule has 0 fully saturated rings. The summed E-state index contributed by atoms with van der Waals surface area (Å²) in [6, 6.07) is 4.27. The smallest absolute Gasteiger partial charge is 0.293 e. The van der Waals surface area contributed by atoms with Crippen LogP contribution in [0.3, 0.4) is 0 Å². The maximum Gasteiger partial charge on any atom is 0.293 e. The first-order valence-corrected chi connectivity index (χ1v) is 6.37. The number of carbonyl (C=O) groups is 1. The van der Waals surface area contributed by atoms with Gasteiger partial charge in [-0.05, 0) is 18.1 Å². The number of nitro groups is 1. The third-order valence-electron chi connectivity index (χ3n) is 3.08. The molecule has 1 unspecified atom stereocenters. The molecular formula is C13H20N4O3. The van der Waals surface area contributed by atoms with E-state index < -0.39 is 4.92 Å². The first-order valence-electron chi connectivity index (χ1n) is 6.37. The zero-order valence-electron chi connectivity index (χ0n) is 11.8. The van der Waals surface area contributed by atoms with E-state index in [4.69, 9.17) is 5.73 Å². The van der Waals surface area contributed by atoms with Crippen LogP contribution in [0.4, 0.5) is 11.4 Å². The van der Waals surface area contributed by atoms with Gasteiger partial charge in [0.2, 0.25) is 0 Å². The zero-order chi connectivity index (χ0) is 15.3. The number of benzene rings is 1. The molecule has 7 heteroatoms. The number of amides is 1. The average Bonchev–Trinajstić information content (AvgIpc) is 2.43. The van der Waals surface area contributed by atoms with Gasteiger partial charge >= 0.3 is 0 Å². The summed E-state index contributed by atoms with van der Waals surface area (Å²) in [6.07, 6.45) is 0. The van der Waals surface area contributed by atoms with Gasteiger partial charge in [0.25, 0.3) is 11.6 Å². The van der Waals surface area contributed by atoms with Gasteiger partial charge in [-0.3, -0.25) is 14.9 Å². The Balaban J connectivity index is 3.13. The van der Waals surface area contributed by atoms with Crippen molar-refractivity contribution in [1.29, 1.82) is 0 Å². The fourth-order valence-electron chi connectivity index (χ4n) is 1.79. The molecule has 0 heterocycles. The summed E-state index contributed by atoms with van der Waals surface area (Å²) in [5.74, 6) is -0.128. The van der Waals surface area contributed by atoms with Crippen LogP contribution in [0.1, 0.15) is 24.2 Å². The van der Waals surface area contributed by atoms with Crippen molar-refractivity contribution in [3.05, 3.63) is 33.9 Å². The number of carbonyl (C=O) groups excluding carboxylic acids is 1. The minimum absolute atomic E-state index is 0.0699. The van der Waals surface area contributed by atoms with E-state index in [9.17, 15) is 14.9 Å². The molecule has 1 rings (SSSR count). The molecule has 0 radical (unpaired) electrons. The highest BCUT2D eigenvalue weighted by Gasteiger charge is 2.20. The van der Waals surface area contributed by atoms with E-state index in [1.165, 1.54) is 19.2 Å². The summed E-state index contributed by atoms with van der Waals surface area (Å²) < 4.78 is 0. The van der Waals surface area contributed by atoms with Gasteiger partial charge in [-0.2, -0.15) is 0 Å². The van der Waals surface area contributed by atoms with Crippen molar-refractivity contribution in [1.82, 2.24) is 5.32 Å². The summed E-state index contributed by atoms with van der Waals surface area (Å²) in [5.41, 5.74) is 6.13. The summed E-state index contributed by atoms with van der Waals surface area (Å²) in [7, 11) is 1.48. The van der Waals surface area contributed by atoms with Crippen molar-refractivity contribution in [2.45, 2.75) is 19.9 Å². The second kappa shape index (κ2) is 6.85. The first-order chi connectivity index (χ1) is 9.40. The average molecular weight is 280 g/mol. The lowest BCUT2D eigenvalue weighted by molar-refractivity contribution is -0.384. The minimum atomic E-state index is -0.511. The fraction of sp³-hybridized carbons (Fsp3) is 0.462. The lowest BCUT2D eigenvalue weighted by atomic mass is 10.0. The molecule has 4 N–H and O–H groups in total. The number of hydrogen-bond acceptors (Lipinski definition) is 5. The van der Waals surface area contributed by atoms with Crippen LogP contribution in [-0.2, 0) is 0 Å². The predicted molar refractivity (Wildman–Crippen MR) is 77.8 cm³/mol. The molecule has 20 heavy (non-hydrogen) atoms. The van der Waals surface area contributed by atoms with Crippen LogP contribution in [0, 0.1) is 16.0 Å². The summed E-state index contributed by atoms with van der Waals surface area (Å²) in [5, 5.41) is 16.6. The Morgan fingerprint density at radius 1 is 1.45 bits per heavy atom. The Labute approximate surface area is 117 Å². The standard InChI is InChI=1S/C13H20N4O3/c1-8(2)11(7-14)16-10-5-4-9(13(18)15-3)6-12(10)17(19)20/h4-6,8,11,16H,7,14H2,1-3H3,(H,15,18).